The van der Waals surface area contributed by atoms with Crippen molar-refractivity contribution in [2.24, 2.45) is 0 Å². The van der Waals surface area contributed by atoms with E-state index in [1.54, 1.807) is 84.9 Å². The van der Waals surface area contributed by atoms with Crippen molar-refractivity contribution in [2.45, 2.75) is 24.1 Å². The molecule has 10 nitrogen and oxygen atoms in total. The SMILES string of the molecule is O=C(OC[C@H]1OC(O)(COC(=O)c2ccccc2)[C@H](OC(=O)c2ccccc2)[C@@H]1OC(=O)c1ccccc1)c1ccccc1. The lowest BCUT2D eigenvalue weighted by atomic mass is 10.0. The molecule has 4 aromatic carbocycles. The van der Waals surface area contributed by atoms with E-state index in [2.05, 4.69) is 0 Å². The van der Waals surface area contributed by atoms with Crippen molar-refractivity contribution in [2.75, 3.05) is 13.2 Å². The molecule has 1 aliphatic rings. The number of hydrogen-bond acceptors (Lipinski definition) is 10. The van der Waals surface area contributed by atoms with Crippen LogP contribution in [-0.4, -0.2) is 66.3 Å². The fourth-order valence-electron chi connectivity index (χ4n) is 4.56. The van der Waals surface area contributed by atoms with Crippen LogP contribution in [-0.2, 0) is 23.7 Å². The number of rotatable bonds is 10. The first-order valence-corrected chi connectivity index (χ1v) is 13.7. The molecule has 1 saturated heterocycles. The van der Waals surface area contributed by atoms with Gasteiger partial charge in [0.25, 0.3) is 0 Å². The zero-order valence-corrected chi connectivity index (χ0v) is 23.3. The van der Waals surface area contributed by atoms with Crippen molar-refractivity contribution < 1.29 is 48.0 Å². The van der Waals surface area contributed by atoms with Gasteiger partial charge in [-0.25, -0.2) is 19.2 Å². The molecule has 0 amide bonds. The molecule has 1 N–H and O–H groups in total. The summed E-state index contributed by atoms with van der Waals surface area (Å²) in [6.45, 7) is -1.31. The van der Waals surface area contributed by atoms with Crippen LogP contribution >= 0.6 is 0 Å². The van der Waals surface area contributed by atoms with Crippen LogP contribution in [0.1, 0.15) is 41.4 Å². The van der Waals surface area contributed by atoms with Gasteiger partial charge in [-0.15, -0.1) is 0 Å². The number of ether oxygens (including phenoxy) is 5. The second kappa shape index (κ2) is 13.8. The van der Waals surface area contributed by atoms with Gasteiger partial charge >= 0.3 is 23.9 Å². The quantitative estimate of drug-likeness (QED) is 0.209. The molecule has 0 saturated carbocycles. The Morgan fingerprint density at radius 3 is 1.41 bits per heavy atom. The zero-order chi connectivity index (χ0) is 30.9. The minimum Gasteiger partial charge on any atom is -0.459 e. The molecule has 0 aromatic heterocycles. The fourth-order valence-corrected chi connectivity index (χ4v) is 4.56. The Hall–Kier alpha value is -5.32. The highest BCUT2D eigenvalue weighted by atomic mass is 16.7. The number of esters is 4. The van der Waals surface area contributed by atoms with E-state index in [1.165, 1.54) is 36.4 Å². The first-order chi connectivity index (χ1) is 21.3. The Bertz CT molecular complexity index is 1580. The summed E-state index contributed by atoms with van der Waals surface area (Å²) in [4.78, 5) is 51.8. The molecular weight excluding hydrogens is 568 g/mol. The third-order valence-electron chi connectivity index (χ3n) is 6.77. The van der Waals surface area contributed by atoms with E-state index >= 15 is 0 Å². The molecule has 4 aromatic rings. The van der Waals surface area contributed by atoms with Gasteiger partial charge in [-0.1, -0.05) is 72.8 Å². The first-order valence-electron chi connectivity index (χ1n) is 13.7. The fraction of sp³-hybridized carbons (Fsp3) is 0.176. The van der Waals surface area contributed by atoms with Gasteiger partial charge in [0.1, 0.15) is 19.3 Å². The Labute approximate surface area is 252 Å². The minimum atomic E-state index is -2.50. The van der Waals surface area contributed by atoms with Crippen molar-refractivity contribution >= 4 is 23.9 Å². The Kier molecular flexibility index (Phi) is 9.43. The average Bonchev–Trinajstić information content (AvgIpc) is 3.33. The third-order valence-corrected chi connectivity index (χ3v) is 6.77. The summed E-state index contributed by atoms with van der Waals surface area (Å²) < 4.78 is 28.1. The van der Waals surface area contributed by atoms with Gasteiger partial charge in [-0.05, 0) is 48.5 Å². The third kappa shape index (κ3) is 7.17. The second-order valence-electron chi connectivity index (χ2n) is 9.84. The van der Waals surface area contributed by atoms with E-state index in [4.69, 9.17) is 23.7 Å². The van der Waals surface area contributed by atoms with Crippen LogP contribution < -0.4 is 0 Å². The lowest BCUT2D eigenvalue weighted by molar-refractivity contribution is -0.247. The minimum absolute atomic E-state index is 0.142. The largest absolute Gasteiger partial charge is 0.459 e. The average molecular weight is 597 g/mol. The lowest BCUT2D eigenvalue weighted by Crippen LogP contribution is -2.51. The summed E-state index contributed by atoms with van der Waals surface area (Å²) in [6.07, 6.45) is -4.52. The molecule has 1 heterocycles. The van der Waals surface area contributed by atoms with Crippen LogP contribution in [0.25, 0.3) is 0 Å². The Morgan fingerprint density at radius 1 is 0.568 bits per heavy atom. The summed E-state index contributed by atoms with van der Waals surface area (Å²) >= 11 is 0. The number of carbonyl (C=O) groups is 4. The molecule has 1 unspecified atom stereocenters. The smallest absolute Gasteiger partial charge is 0.338 e. The van der Waals surface area contributed by atoms with E-state index in [0.29, 0.717) is 0 Å². The lowest BCUT2D eigenvalue weighted by Gasteiger charge is -2.29. The molecule has 1 fully saturated rings. The van der Waals surface area contributed by atoms with Crippen molar-refractivity contribution in [3.8, 4) is 0 Å². The van der Waals surface area contributed by atoms with Crippen LogP contribution in [0, 0.1) is 0 Å². The van der Waals surface area contributed by atoms with E-state index in [1.807, 2.05) is 0 Å². The number of carbonyl (C=O) groups excluding carboxylic acids is 4. The maximum atomic E-state index is 13.2. The van der Waals surface area contributed by atoms with Crippen LogP contribution in [0.15, 0.2) is 121 Å². The highest BCUT2D eigenvalue weighted by Gasteiger charge is 2.60. The summed E-state index contributed by atoms with van der Waals surface area (Å²) in [5.41, 5.74) is 0.768. The summed E-state index contributed by atoms with van der Waals surface area (Å²) in [6, 6.07) is 32.1. The molecule has 5 rings (SSSR count). The Balaban J connectivity index is 1.44. The Morgan fingerprint density at radius 2 is 0.955 bits per heavy atom. The molecular formula is C34H28O10. The van der Waals surface area contributed by atoms with Crippen LogP contribution in [0.4, 0.5) is 0 Å². The van der Waals surface area contributed by atoms with E-state index in [-0.39, 0.29) is 22.3 Å². The van der Waals surface area contributed by atoms with Gasteiger partial charge in [-0.2, -0.15) is 0 Å². The summed E-state index contributed by atoms with van der Waals surface area (Å²) in [7, 11) is 0. The monoisotopic (exact) mass is 596 g/mol. The molecule has 10 heteroatoms. The molecule has 0 radical (unpaired) electrons. The molecule has 224 valence electrons. The van der Waals surface area contributed by atoms with Crippen LogP contribution in [0.2, 0.25) is 0 Å². The van der Waals surface area contributed by atoms with Gasteiger partial charge in [-0.3, -0.25) is 0 Å². The van der Waals surface area contributed by atoms with Crippen molar-refractivity contribution in [3.05, 3.63) is 144 Å². The van der Waals surface area contributed by atoms with Gasteiger partial charge < -0.3 is 28.8 Å². The normalized spacial score (nSPS) is 20.7. The molecule has 44 heavy (non-hydrogen) atoms. The number of hydrogen-bond donors (Lipinski definition) is 1. The van der Waals surface area contributed by atoms with Crippen molar-refractivity contribution in [3.63, 3.8) is 0 Å². The van der Waals surface area contributed by atoms with Gasteiger partial charge in [0.2, 0.25) is 5.79 Å². The van der Waals surface area contributed by atoms with Crippen molar-refractivity contribution in [1.82, 2.24) is 0 Å². The van der Waals surface area contributed by atoms with Gasteiger partial charge in [0.15, 0.2) is 12.2 Å². The highest BCUT2D eigenvalue weighted by Crippen LogP contribution is 2.36. The maximum Gasteiger partial charge on any atom is 0.338 e. The summed E-state index contributed by atoms with van der Waals surface area (Å²) in [5, 5.41) is 11.7. The van der Waals surface area contributed by atoms with Crippen LogP contribution in [0.3, 0.4) is 0 Å². The molecule has 0 bridgehead atoms. The van der Waals surface area contributed by atoms with Crippen LogP contribution in [0.5, 0.6) is 0 Å². The first kappa shape index (κ1) is 30.1. The second-order valence-corrected chi connectivity index (χ2v) is 9.84. The molecule has 0 aliphatic carbocycles. The number of benzene rings is 4. The zero-order valence-electron chi connectivity index (χ0n) is 23.3. The molecule has 0 spiro atoms. The molecule has 1 aliphatic heterocycles. The predicted molar refractivity (Wildman–Crippen MR) is 155 cm³/mol. The van der Waals surface area contributed by atoms with Gasteiger partial charge in [0.05, 0.1) is 22.3 Å². The van der Waals surface area contributed by atoms with E-state index < -0.39 is 61.2 Å². The maximum absolute atomic E-state index is 13.2. The standard InChI is InChI=1S/C34H28O10/c35-30(23-13-5-1-6-14-23)40-21-27-28(42-32(37)25-17-9-3-10-18-25)29(43-33(38)26-19-11-4-12-20-26)34(39,44-27)22-41-31(36)24-15-7-2-8-16-24/h1-20,27-29,39H,21-22H2/t27-,28-,29-,34?/m1/s1. The van der Waals surface area contributed by atoms with E-state index in [9.17, 15) is 24.3 Å². The van der Waals surface area contributed by atoms with Gasteiger partial charge in [0, 0.05) is 0 Å². The van der Waals surface area contributed by atoms with Crippen molar-refractivity contribution in [1.29, 1.82) is 0 Å². The predicted octanol–water partition coefficient (Wildman–Crippen LogP) is 4.24. The highest BCUT2D eigenvalue weighted by molar-refractivity contribution is 5.91. The van der Waals surface area contributed by atoms with E-state index in [0.717, 1.165) is 0 Å². The summed E-state index contributed by atoms with van der Waals surface area (Å²) in [5.74, 6) is -5.67. The number of aliphatic hydroxyl groups is 1. The topological polar surface area (TPSA) is 135 Å². The molecule has 4 atom stereocenters.